The quantitative estimate of drug-likeness (QED) is 0.424. The molecular weight excluding hydrogens is 509 g/mol. The fourth-order valence-corrected chi connectivity index (χ4v) is 3.55. The summed E-state index contributed by atoms with van der Waals surface area (Å²) in [5, 5.41) is 24.0. The van der Waals surface area contributed by atoms with Gasteiger partial charge in [-0.15, -0.1) is 0 Å². The summed E-state index contributed by atoms with van der Waals surface area (Å²) in [5.74, 6) is 0. The molecule has 2 aromatic carbocycles. The fraction of sp³-hybridized carbons (Fsp3) is 0.435. The molecule has 0 saturated carbocycles. The van der Waals surface area contributed by atoms with E-state index in [9.17, 15) is 15.0 Å². The van der Waals surface area contributed by atoms with Crippen LogP contribution in [-0.4, -0.2) is 64.0 Å². The zero-order valence-electron chi connectivity index (χ0n) is 18.1. The Kier molecular flexibility index (Phi) is 10.2. The first-order valence-electron chi connectivity index (χ1n) is 10.5. The first kappa shape index (κ1) is 27.0. The largest absolute Gasteiger partial charge is 0.445 e. The lowest BCUT2D eigenvalue weighted by Gasteiger charge is -2.42. The van der Waals surface area contributed by atoms with E-state index in [2.05, 4.69) is 5.32 Å². The number of alkyl halides is 3. The molecule has 1 saturated heterocycles. The average Bonchev–Trinajstić information content (AvgIpc) is 2.81. The smallest absolute Gasteiger partial charge is 0.407 e. The maximum Gasteiger partial charge on any atom is 0.407 e. The Morgan fingerprint density at radius 1 is 0.971 bits per heavy atom. The minimum atomic E-state index is -1.80. The summed E-state index contributed by atoms with van der Waals surface area (Å²) in [6.45, 7) is -0.109. The lowest BCUT2D eigenvalue weighted by atomic mass is 9.96. The number of amides is 1. The van der Waals surface area contributed by atoms with Gasteiger partial charge in [-0.1, -0.05) is 95.5 Å². The van der Waals surface area contributed by atoms with Crippen LogP contribution in [0, 0.1) is 0 Å². The molecule has 1 aliphatic heterocycles. The molecule has 3 rings (SSSR count). The molecule has 0 radical (unpaired) electrons. The van der Waals surface area contributed by atoms with Crippen molar-refractivity contribution in [2.45, 2.75) is 47.7 Å². The predicted octanol–water partition coefficient (Wildman–Crippen LogP) is 3.33. The van der Waals surface area contributed by atoms with Gasteiger partial charge in [0.2, 0.25) is 3.79 Å². The number of benzene rings is 2. The lowest BCUT2D eigenvalue weighted by molar-refractivity contribution is -0.266. The Labute approximate surface area is 212 Å². The number of hydrogen-bond donors (Lipinski definition) is 3. The molecule has 0 spiro atoms. The van der Waals surface area contributed by atoms with Crippen molar-refractivity contribution in [1.29, 1.82) is 0 Å². The van der Waals surface area contributed by atoms with Gasteiger partial charge in [0.05, 0.1) is 19.8 Å². The maximum absolute atomic E-state index is 12.2. The van der Waals surface area contributed by atoms with Gasteiger partial charge in [-0.3, -0.25) is 0 Å². The van der Waals surface area contributed by atoms with Gasteiger partial charge in [0.1, 0.15) is 31.0 Å². The number of rotatable bonds is 9. The standard InChI is InChI=1S/C23H26Cl3NO7/c24-23(25,26)14-33-22(30)27-18-20(32-12-16-9-5-2-6-10-16)19(28)17(34-21(18)29)13-31-11-15-7-3-1-4-8-15/h1-10,17-21,28-29H,11-14H2,(H,27,30)/t17-,18+,19-,20-,21+/m1/s1. The number of aliphatic hydroxyl groups is 2. The average molecular weight is 535 g/mol. The Hall–Kier alpha value is -1.62. The molecule has 0 aromatic heterocycles. The van der Waals surface area contributed by atoms with Crippen molar-refractivity contribution in [2.24, 2.45) is 0 Å². The van der Waals surface area contributed by atoms with Gasteiger partial charge in [0.15, 0.2) is 6.29 Å². The van der Waals surface area contributed by atoms with E-state index in [-0.39, 0.29) is 13.2 Å². The Balaban J connectivity index is 1.65. The number of alkyl carbamates (subject to hydrolysis) is 1. The second-order valence-corrected chi connectivity index (χ2v) is 10.2. The molecule has 34 heavy (non-hydrogen) atoms. The molecule has 0 unspecified atom stereocenters. The highest BCUT2D eigenvalue weighted by atomic mass is 35.6. The van der Waals surface area contributed by atoms with Crippen molar-refractivity contribution in [3.05, 3.63) is 71.8 Å². The van der Waals surface area contributed by atoms with Crippen LogP contribution in [0.5, 0.6) is 0 Å². The summed E-state index contributed by atoms with van der Waals surface area (Å²) in [5.41, 5.74) is 1.78. The van der Waals surface area contributed by atoms with E-state index in [1.165, 1.54) is 0 Å². The second-order valence-electron chi connectivity index (χ2n) is 7.68. The van der Waals surface area contributed by atoms with E-state index < -0.39 is 47.1 Å². The summed E-state index contributed by atoms with van der Waals surface area (Å²) in [6.07, 6.45) is -5.68. The Morgan fingerprint density at radius 3 is 2.15 bits per heavy atom. The van der Waals surface area contributed by atoms with Crippen LogP contribution < -0.4 is 5.32 Å². The summed E-state index contributed by atoms with van der Waals surface area (Å²) in [6, 6.07) is 17.6. The van der Waals surface area contributed by atoms with E-state index in [0.717, 1.165) is 11.1 Å². The molecule has 1 aliphatic rings. The van der Waals surface area contributed by atoms with E-state index in [4.69, 9.17) is 53.8 Å². The van der Waals surface area contributed by atoms with Crippen molar-refractivity contribution < 1.29 is 34.0 Å². The molecule has 5 atom stereocenters. The molecule has 8 nitrogen and oxygen atoms in total. The van der Waals surface area contributed by atoms with E-state index >= 15 is 0 Å². The van der Waals surface area contributed by atoms with Crippen LogP contribution in [0.25, 0.3) is 0 Å². The molecule has 2 aromatic rings. The lowest BCUT2D eigenvalue weighted by Crippen LogP contribution is -2.65. The summed E-state index contributed by atoms with van der Waals surface area (Å²) in [7, 11) is 0. The molecule has 0 bridgehead atoms. The van der Waals surface area contributed by atoms with Crippen LogP contribution in [0.1, 0.15) is 11.1 Å². The molecular formula is C23H26Cl3NO7. The predicted molar refractivity (Wildman–Crippen MR) is 127 cm³/mol. The molecule has 11 heteroatoms. The normalized spacial score (nSPS) is 25.0. The minimum absolute atomic E-state index is 0.0112. The number of nitrogens with one attached hydrogen (secondary N) is 1. The molecule has 1 heterocycles. The summed E-state index contributed by atoms with van der Waals surface area (Å²) in [4.78, 5) is 12.2. The molecule has 186 valence electrons. The fourth-order valence-electron chi connectivity index (χ4n) is 3.38. The molecule has 3 N–H and O–H groups in total. The highest BCUT2D eigenvalue weighted by molar-refractivity contribution is 6.67. The number of hydrogen-bond acceptors (Lipinski definition) is 7. The van der Waals surface area contributed by atoms with E-state index in [0.29, 0.717) is 6.61 Å². The first-order chi connectivity index (χ1) is 16.2. The van der Waals surface area contributed by atoms with Crippen LogP contribution in [0.3, 0.4) is 0 Å². The third-order valence-corrected chi connectivity index (χ3v) is 5.35. The number of aliphatic hydroxyl groups excluding tert-OH is 2. The summed E-state index contributed by atoms with van der Waals surface area (Å²) < 4.78 is 20.2. The highest BCUT2D eigenvalue weighted by Gasteiger charge is 2.46. The molecule has 1 fully saturated rings. The second kappa shape index (κ2) is 12.9. The minimum Gasteiger partial charge on any atom is -0.445 e. The zero-order valence-corrected chi connectivity index (χ0v) is 20.3. The third kappa shape index (κ3) is 8.55. The van der Waals surface area contributed by atoms with Crippen LogP contribution in [0.15, 0.2) is 60.7 Å². The van der Waals surface area contributed by atoms with Crippen molar-refractivity contribution in [1.82, 2.24) is 5.32 Å². The van der Waals surface area contributed by atoms with Gasteiger partial charge < -0.3 is 34.5 Å². The van der Waals surface area contributed by atoms with E-state index in [1.54, 1.807) is 0 Å². The topological polar surface area (TPSA) is 106 Å². The van der Waals surface area contributed by atoms with E-state index in [1.807, 2.05) is 60.7 Å². The summed E-state index contributed by atoms with van der Waals surface area (Å²) >= 11 is 16.8. The zero-order chi connectivity index (χ0) is 24.6. The number of carbonyl (C=O) groups excluding carboxylic acids is 1. The SMILES string of the molecule is O=C(N[C@H]1[C@@H](OCc2ccccc2)[C@H](O)[C@@H](COCc2ccccc2)O[C@@H]1O)OCC(Cl)(Cl)Cl. The Morgan fingerprint density at radius 2 is 1.56 bits per heavy atom. The van der Waals surface area contributed by atoms with Crippen LogP contribution in [0.4, 0.5) is 4.79 Å². The van der Waals surface area contributed by atoms with Crippen molar-refractivity contribution in [3.63, 3.8) is 0 Å². The maximum atomic E-state index is 12.2. The first-order valence-corrected chi connectivity index (χ1v) is 11.6. The van der Waals surface area contributed by atoms with Gasteiger partial charge in [-0.05, 0) is 11.1 Å². The Bertz CT molecular complexity index is 885. The number of carbonyl (C=O) groups is 1. The third-order valence-electron chi connectivity index (χ3n) is 5.02. The van der Waals surface area contributed by atoms with Crippen molar-refractivity contribution in [3.8, 4) is 0 Å². The van der Waals surface area contributed by atoms with Crippen molar-refractivity contribution >= 4 is 40.9 Å². The van der Waals surface area contributed by atoms with Crippen LogP contribution in [0.2, 0.25) is 0 Å². The van der Waals surface area contributed by atoms with Gasteiger partial charge in [-0.2, -0.15) is 0 Å². The van der Waals surface area contributed by atoms with Gasteiger partial charge in [0, 0.05) is 0 Å². The molecule has 0 aliphatic carbocycles. The molecule has 1 amide bonds. The monoisotopic (exact) mass is 533 g/mol. The van der Waals surface area contributed by atoms with Crippen LogP contribution in [-0.2, 0) is 32.2 Å². The van der Waals surface area contributed by atoms with Gasteiger partial charge in [-0.25, -0.2) is 4.79 Å². The van der Waals surface area contributed by atoms with Crippen molar-refractivity contribution in [2.75, 3.05) is 13.2 Å². The number of halogens is 3. The van der Waals surface area contributed by atoms with Crippen LogP contribution >= 0.6 is 34.8 Å². The highest BCUT2D eigenvalue weighted by Crippen LogP contribution is 2.27. The number of ether oxygens (including phenoxy) is 4. The van der Waals surface area contributed by atoms with Gasteiger partial charge >= 0.3 is 6.09 Å². The van der Waals surface area contributed by atoms with Gasteiger partial charge in [0.25, 0.3) is 0 Å².